The summed E-state index contributed by atoms with van der Waals surface area (Å²) in [5.41, 5.74) is 1.61. The Kier molecular flexibility index (Phi) is 6.08. The van der Waals surface area contributed by atoms with Crippen LogP contribution in [0.25, 0.3) is 0 Å². The molecule has 1 fully saturated rings. The summed E-state index contributed by atoms with van der Waals surface area (Å²) >= 11 is 0. The second-order valence-electron chi connectivity index (χ2n) is 6.73. The predicted molar refractivity (Wildman–Crippen MR) is 103 cm³/mol. The lowest BCUT2D eigenvalue weighted by Gasteiger charge is -2.34. The Labute approximate surface area is 158 Å². The highest BCUT2D eigenvalue weighted by Crippen LogP contribution is 2.19. The number of piperidine rings is 1. The van der Waals surface area contributed by atoms with E-state index in [2.05, 4.69) is 21.0 Å². The molecular formula is C19H26N6O2. The molecule has 2 aromatic rings. The molecule has 3 amide bonds. The number of urea groups is 1. The molecule has 1 unspecified atom stereocenters. The third-order valence-corrected chi connectivity index (χ3v) is 4.77. The molecule has 1 atom stereocenters. The number of para-hydroxylation sites is 1. The SMILES string of the molecule is CNC(C(=O)N1CCC(NC(=O)Nc2ccccc2)CC1)c1cnn(C)c1. The van der Waals surface area contributed by atoms with Gasteiger partial charge in [0.15, 0.2) is 0 Å². The highest BCUT2D eigenvalue weighted by Gasteiger charge is 2.29. The van der Waals surface area contributed by atoms with Crippen molar-refractivity contribution in [3.8, 4) is 0 Å². The maximum Gasteiger partial charge on any atom is 0.319 e. The number of anilines is 1. The van der Waals surface area contributed by atoms with Gasteiger partial charge < -0.3 is 20.9 Å². The van der Waals surface area contributed by atoms with E-state index in [4.69, 9.17) is 0 Å². The molecule has 1 aliphatic heterocycles. The summed E-state index contributed by atoms with van der Waals surface area (Å²) in [7, 11) is 3.61. The Morgan fingerprint density at radius 3 is 2.48 bits per heavy atom. The second kappa shape index (κ2) is 8.68. The van der Waals surface area contributed by atoms with Gasteiger partial charge in [-0.1, -0.05) is 18.2 Å². The number of nitrogens with zero attached hydrogens (tertiary/aromatic N) is 3. The van der Waals surface area contributed by atoms with Gasteiger partial charge in [0.05, 0.1) is 6.20 Å². The topological polar surface area (TPSA) is 91.3 Å². The summed E-state index contributed by atoms with van der Waals surface area (Å²) in [5, 5.41) is 13.0. The van der Waals surface area contributed by atoms with Crippen molar-refractivity contribution in [3.63, 3.8) is 0 Å². The Morgan fingerprint density at radius 2 is 1.89 bits per heavy atom. The molecule has 1 aromatic heterocycles. The highest BCUT2D eigenvalue weighted by molar-refractivity contribution is 5.89. The van der Waals surface area contributed by atoms with Gasteiger partial charge in [-0.2, -0.15) is 5.10 Å². The van der Waals surface area contributed by atoms with Crippen molar-refractivity contribution < 1.29 is 9.59 Å². The van der Waals surface area contributed by atoms with E-state index in [1.165, 1.54) is 0 Å². The van der Waals surface area contributed by atoms with Crippen LogP contribution in [0, 0.1) is 0 Å². The van der Waals surface area contributed by atoms with Crippen LogP contribution in [0.1, 0.15) is 24.4 Å². The fourth-order valence-electron chi connectivity index (χ4n) is 3.32. The normalized spacial score (nSPS) is 16.0. The minimum absolute atomic E-state index is 0.0395. The molecule has 0 bridgehead atoms. The zero-order valence-electron chi connectivity index (χ0n) is 15.7. The minimum Gasteiger partial charge on any atom is -0.341 e. The number of carbonyl (C=O) groups excluding carboxylic acids is 2. The number of carbonyl (C=O) groups is 2. The molecule has 8 nitrogen and oxygen atoms in total. The lowest BCUT2D eigenvalue weighted by atomic mass is 10.0. The van der Waals surface area contributed by atoms with Gasteiger partial charge in [0.1, 0.15) is 6.04 Å². The number of hydrogen-bond donors (Lipinski definition) is 3. The Morgan fingerprint density at radius 1 is 1.19 bits per heavy atom. The van der Waals surface area contributed by atoms with Crippen molar-refractivity contribution in [3.05, 3.63) is 48.3 Å². The van der Waals surface area contributed by atoms with Crippen LogP contribution >= 0.6 is 0 Å². The van der Waals surface area contributed by atoms with Crippen molar-refractivity contribution in [2.75, 3.05) is 25.5 Å². The number of rotatable bonds is 5. The summed E-state index contributed by atoms with van der Waals surface area (Å²) in [6, 6.07) is 8.79. The van der Waals surface area contributed by atoms with Crippen LogP contribution in [0.15, 0.2) is 42.7 Å². The number of aromatic nitrogens is 2. The average Bonchev–Trinajstić information content (AvgIpc) is 3.09. The quantitative estimate of drug-likeness (QED) is 0.744. The van der Waals surface area contributed by atoms with Gasteiger partial charge in [-0.25, -0.2) is 4.79 Å². The van der Waals surface area contributed by atoms with Gasteiger partial charge in [-0.3, -0.25) is 9.48 Å². The first-order valence-electron chi connectivity index (χ1n) is 9.14. The van der Waals surface area contributed by atoms with Crippen molar-refractivity contribution in [2.45, 2.75) is 24.9 Å². The van der Waals surface area contributed by atoms with Gasteiger partial charge in [0, 0.05) is 43.6 Å². The maximum atomic E-state index is 12.8. The van der Waals surface area contributed by atoms with Gasteiger partial charge in [0.25, 0.3) is 0 Å². The minimum atomic E-state index is -0.399. The number of likely N-dealkylation sites (N-methyl/N-ethyl adjacent to an activating group) is 1. The molecule has 27 heavy (non-hydrogen) atoms. The summed E-state index contributed by atoms with van der Waals surface area (Å²) in [5.74, 6) is 0.0395. The Balaban J connectivity index is 1.49. The lowest BCUT2D eigenvalue weighted by molar-refractivity contribution is -0.134. The molecule has 8 heteroatoms. The number of hydrogen-bond acceptors (Lipinski definition) is 4. The first-order chi connectivity index (χ1) is 13.1. The van der Waals surface area contributed by atoms with E-state index in [0.717, 1.165) is 24.1 Å². The van der Waals surface area contributed by atoms with E-state index in [9.17, 15) is 9.59 Å². The van der Waals surface area contributed by atoms with Crippen LogP contribution in [0.3, 0.4) is 0 Å². The molecule has 1 aromatic carbocycles. The van der Waals surface area contributed by atoms with E-state index in [1.807, 2.05) is 48.5 Å². The Hall–Kier alpha value is -2.87. The smallest absolute Gasteiger partial charge is 0.319 e. The number of likely N-dealkylation sites (tertiary alicyclic amines) is 1. The van der Waals surface area contributed by atoms with E-state index < -0.39 is 6.04 Å². The molecule has 1 saturated heterocycles. The van der Waals surface area contributed by atoms with E-state index in [0.29, 0.717) is 13.1 Å². The fourth-order valence-corrected chi connectivity index (χ4v) is 3.32. The van der Waals surface area contributed by atoms with Gasteiger partial charge in [0.2, 0.25) is 5.91 Å². The van der Waals surface area contributed by atoms with Crippen LogP contribution in [-0.2, 0) is 11.8 Å². The van der Waals surface area contributed by atoms with E-state index >= 15 is 0 Å². The summed E-state index contributed by atoms with van der Waals surface area (Å²) in [4.78, 5) is 26.8. The van der Waals surface area contributed by atoms with Crippen LogP contribution in [0.4, 0.5) is 10.5 Å². The summed E-state index contributed by atoms with van der Waals surface area (Å²) < 4.78 is 1.69. The fraction of sp³-hybridized carbons (Fsp3) is 0.421. The van der Waals surface area contributed by atoms with Gasteiger partial charge >= 0.3 is 6.03 Å². The van der Waals surface area contributed by atoms with Crippen LogP contribution in [-0.4, -0.2) is 52.8 Å². The first-order valence-corrected chi connectivity index (χ1v) is 9.14. The van der Waals surface area contributed by atoms with Gasteiger partial charge in [-0.05, 0) is 32.0 Å². The molecule has 3 N–H and O–H groups in total. The number of aryl methyl sites for hydroxylation is 1. The monoisotopic (exact) mass is 370 g/mol. The second-order valence-corrected chi connectivity index (χ2v) is 6.73. The van der Waals surface area contributed by atoms with Crippen molar-refractivity contribution >= 4 is 17.6 Å². The zero-order chi connectivity index (χ0) is 19.2. The molecule has 0 spiro atoms. The molecule has 3 rings (SSSR count). The Bertz CT molecular complexity index is 768. The van der Waals surface area contributed by atoms with Crippen molar-refractivity contribution in [1.29, 1.82) is 0 Å². The van der Waals surface area contributed by atoms with Crippen LogP contribution < -0.4 is 16.0 Å². The molecule has 144 valence electrons. The molecule has 0 aliphatic carbocycles. The third kappa shape index (κ3) is 4.85. The molecular weight excluding hydrogens is 344 g/mol. The van der Waals surface area contributed by atoms with Crippen molar-refractivity contribution in [2.24, 2.45) is 7.05 Å². The largest absolute Gasteiger partial charge is 0.341 e. The molecule has 1 aliphatic rings. The van der Waals surface area contributed by atoms with E-state index in [-0.39, 0.29) is 18.0 Å². The van der Waals surface area contributed by atoms with E-state index in [1.54, 1.807) is 17.9 Å². The van der Waals surface area contributed by atoms with Crippen LogP contribution in [0.5, 0.6) is 0 Å². The lowest BCUT2D eigenvalue weighted by Crippen LogP contribution is -2.49. The third-order valence-electron chi connectivity index (χ3n) is 4.77. The number of nitrogens with one attached hydrogen (secondary N) is 3. The standard InChI is InChI=1S/C19H26N6O2/c1-20-17(14-12-21-24(2)13-14)18(26)25-10-8-16(9-11-25)23-19(27)22-15-6-4-3-5-7-15/h3-7,12-13,16-17,20H,8-11H2,1-2H3,(H2,22,23,27). The van der Waals surface area contributed by atoms with Gasteiger partial charge in [-0.15, -0.1) is 0 Å². The maximum absolute atomic E-state index is 12.8. The number of amides is 3. The molecule has 0 saturated carbocycles. The molecule has 0 radical (unpaired) electrons. The summed E-state index contributed by atoms with van der Waals surface area (Å²) in [6.45, 7) is 1.24. The van der Waals surface area contributed by atoms with Crippen LogP contribution in [0.2, 0.25) is 0 Å². The molecule has 2 heterocycles. The first kappa shape index (κ1) is 18.9. The predicted octanol–water partition coefficient (Wildman–Crippen LogP) is 1.49. The average molecular weight is 370 g/mol. The zero-order valence-corrected chi connectivity index (χ0v) is 15.7. The number of benzene rings is 1. The summed E-state index contributed by atoms with van der Waals surface area (Å²) in [6.07, 6.45) is 5.03. The van der Waals surface area contributed by atoms with Crippen molar-refractivity contribution in [1.82, 2.24) is 25.3 Å². The highest BCUT2D eigenvalue weighted by atomic mass is 16.2.